The Labute approximate surface area is 146 Å². The fraction of sp³-hybridized carbons (Fsp3) is 0.889. The first kappa shape index (κ1) is 19.2. The number of ether oxygens (including phenoxy) is 1. The van der Waals surface area contributed by atoms with E-state index in [-0.39, 0.29) is 23.6 Å². The van der Waals surface area contributed by atoms with Crippen LogP contribution in [0.15, 0.2) is 0 Å². The molecule has 2 atom stereocenters. The molecule has 0 bridgehead atoms. The van der Waals surface area contributed by atoms with E-state index in [1.165, 1.54) is 0 Å². The van der Waals surface area contributed by atoms with Crippen LogP contribution in [-0.4, -0.2) is 84.2 Å². The molecule has 6 nitrogen and oxygen atoms in total. The Bertz CT molecular complexity index is 478. The van der Waals surface area contributed by atoms with Gasteiger partial charge in [0.15, 0.2) is 0 Å². The number of rotatable bonds is 4. The Hall–Kier alpha value is -1.16. The van der Waals surface area contributed by atoms with Gasteiger partial charge >= 0.3 is 0 Å². The van der Waals surface area contributed by atoms with Gasteiger partial charge in [0.2, 0.25) is 5.91 Å². The number of hydrogen-bond donors (Lipinski definition) is 0. The van der Waals surface area contributed by atoms with Gasteiger partial charge in [-0.15, -0.1) is 0 Å². The molecule has 136 valence electrons. The lowest BCUT2D eigenvalue weighted by atomic mass is 10.0. The normalized spacial score (nSPS) is 27.0. The van der Waals surface area contributed by atoms with E-state index in [0.29, 0.717) is 32.2 Å². The number of piperazine rings is 1. The van der Waals surface area contributed by atoms with Crippen LogP contribution in [0.25, 0.3) is 0 Å². The summed E-state index contributed by atoms with van der Waals surface area (Å²) in [7, 11) is 0. The predicted octanol–water partition coefficient (Wildman–Crippen LogP) is 1.18. The highest BCUT2D eigenvalue weighted by molar-refractivity contribution is 5.78. The van der Waals surface area contributed by atoms with Crippen molar-refractivity contribution in [2.75, 3.05) is 45.9 Å². The Morgan fingerprint density at radius 2 is 1.92 bits per heavy atom. The van der Waals surface area contributed by atoms with E-state index in [1.54, 1.807) is 0 Å². The highest BCUT2D eigenvalue weighted by Gasteiger charge is 2.36. The largest absolute Gasteiger partial charge is 0.375 e. The molecule has 1 amide bonds. The van der Waals surface area contributed by atoms with Gasteiger partial charge in [0.05, 0.1) is 25.3 Å². The molecule has 2 fully saturated rings. The molecule has 0 N–H and O–H groups in total. The van der Waals surface area contributed by atoms with Gasteiger partial charge in [-0.2, -0.15) is 5.26 Å². The summed E-state index contributed by atoms with van der Waals surface area (Å²) >= 11 is 0. The minimum Gasteiger partial charge on any atom is -0.375 e. The first-order chi connectivity index (χ1) is 11.2. The van der Waals surface area contributed by atoms with Crippen molar-refractivity contribution in [2.24, 2.45) is 5.92 Å². The third-order valence-electron chi connectivity index (χ3n) is 5.20. The molecule has 24 heavy (non-hydrogen) atoms. The molecule has 0 aliphatic carbocycles. The third kappa shape index (κ3) is 4.47. The Morgan fingerprint density at radius 3 is 2.46 bits per heavy atom. The van der Waals surface area contributed by atoms with E-state index < -0.39 is 0 Å². The quantitative estimate of drug-likeness (QED) is 0.771. The van der Waals surface area contributed by atoms with Gasteiger partial charge in [-0.3, -0.25) is 14.6 Å². The number of amides is 1. The summed E-state index contributed by atoms with van der Waals surface area (Å²) in [5, 5.41) is 9.33. The topological polar surface area (TPSA) is 59.8 Å². The Balaban J connectivity index is 1.88. The van der Waals surface area contributed by atoms with Crippen molar-refractivity contribution < 1.29 is 9.53 Å². The number of nitriles is 1. The number of nitrogens with zero attached hydrogens (tertiary/aromatic N) is 4. The van der Waals surface area contributed by atoms with Crippen LogP contribution in [0, 0.1) is 17.2 Å². The summed E-state index contributed by atoms with van der Waals surface area (Å²) in [6.07, 6.45) is 0.171. The summed E-state index contributed by atoms with van der Waals surface area (Å²) in [6, 6.07) is 2.34. The SMILES string of the molecule is CC1CN(CC(=O)N2CCN(C(C#N)C(C)C)CC2)C(C)(C)CO1. The molecule has 2 heterocycles. The van der Waals surface area contributed by atoms with E-state index in [0.717, 1.165) is 19.6 Å². The molecule has 0 saturated carbocycles. The summed E-state index contributed by atoms with van der Waals surface area (Å²) < 4.78 is 5.72. The maximum Gasteiger partial charge on any atom is 0.236 e. The van der Waals surface area contributed by atoms with E-state index in [2.05, 4.69) is 50.5 Å². The molecule has 2 rings (SSSR count). The predicted molar refractivity (Wildman–Crippen MR) is 93.5 cm³/mol. The molecule has 0 aromatic rings. The van der Waals surface area contributed by atoms with Crippen LogP contribution in [0.4, 0.5) is 0 Å². The van der Waals surface area contributed by atoms with Gasteiger partial charge in [0, 0.05) is 38.3 Å². The molecule has 6 heteroatoms. The molecule has 2 unspecified atom stereocenters. The van der Waals surface area contributed by atoms with Crippen LogP contribution in [0.5, 0.6) is 0 Å². The van der Waals surface area contributed by atoms with Gasteiger partial charge in [0.1, 0.15) is 6.04 Å². The van der Waals surface area contributed by atoms with Crippen LogP contribution in [0.2, 0.25) is 0 Å². The lowest BCUT2D eigenvalue weighted by molar-refractivity contribution is -0.142. The summed E-state index contributed by atoms with van der Waals surface area (Å²) in [5.74, 6) is 0.503. The first-order valence-corrected chi connectivity index (χ1v) is 9.02. The fourth-order valence-electron chi connectivity index (χ4n) is 3.49. The van der Waals surface area contributed by atoms with Crippen LogP contribution in [0.3, 0.4) is 0 Å². The molecule has 2 aliphatic rings. The zero-order chi connectivity index (χ0) is 17.9. The summed E-state index contributed by atoms with van der Waals surface area (Å²) in [6.45, 7) is 15.4. The minimum absolute atomic E-state index is 0.0544. The fourth-order valence-corrected chi connectivity index (χ4v) is 3.49. The smallest absolute Gasteiger partial charge is 0.236 e. The molecular formula is C18H32N4O2. The van der Waals surface area contributed by atoms with Crippen LogP contribution in [-0.2, 0) is 9.53 Å². The molecular weight excluding hydrogens is 304 g/mol. The lowest BCUT2D eigenvalue weighted by Crippen LogP contribution is -2.60. The second-order valence-corrected chi connectivity index (χ2v) is 8.05. The van der Waals surface area contributed by atoms with Crippen LogP contribution < -0.4 is 0 Å². The zero-order valence-corrected chi connectivity index (χ0v) is 15.8. The highest BCUT2D eigenvalue weighted by atomic mass is 16.5. The highest BCUT2D eigenvalue weighted by Crippen LogP contribution is 2.22. The summed E-state index contributed by atoms with van der Waals surface area (Å²) in [5.41, 5.74) is -0.104. The first-order valence-electron chi connectivity index (χ1n) is 9.02. The van der Waals surface area contributed by atoms with Gasteiger partial charge in [0.25, 0.3) is 0 Å². The van der Waals surface area contributed by atoms with Gasteiger partial charge in [-0.25, -0.2) is 0 Å². The summed E-state index contributed by atoms with van der Waals surface area (Å²) in [4.78, 5) is 19.1. The van der Waals surface area contributed by atoms with Crippen LogP contribution in [0.1, 0.15) is 34.6 Å². The number of carbonyl (C=O) groups excluding carboxylic acids is 1. The average molecular weight is 336 g/mol. The van der Waals surface area contributed by atoms with Crippen molar-refractivity contribution in [3.63, 3.8) is 0 Å². The van der Waals surface area contributed by atoms with Crippen LogP contribution >= 0.6 is 0 Å². The minimum atomic E-state index is -0.104. The van der Waals surface area contributed by atoms with Crippen molar-refractivity contribution >= 4 is 5.91 Å². The maximum absolute atomic E-state index is 12.7. The van der Waals surface area contributed by atoms with E-state index in [4.69, 9.17) is 4.74 Å². The second kappa shape index (κ2) is 7.81. The van der Waals surface area contributed by atoms with Gasteiger partial charge in [-0.1, -0.05) is 13.8 Å². The Kier molecular flexibility index (Phi) is 6.24. The van der Waals surface area contributed by atoms with E-state index >= 15 is 0 Å². The van der Waals surface area contributed by atoms with E-state index in [9.17, 15) is 10.1 Å². The van der Waals surface area contributed by atoms with Gasteiger partial charge < -0.3 is 9.64 Å². The van der Waals surface area contributed by atoms with Crippen molar-refractivity contribution in [1.29, 1.82) is 5.26 Å². The second-order valence-electron chi connectivity index (χ2n) is 8.05. The van der Waals surface area contributed by atoms with Crippen molar-refractivity contribution in [2.45, 2.75) is 52.3 Å². The maximum atomic E-state index is 12.7. The zero-order valence-electron chi connectivity index (χ0n) is 15.8. The third-order valence-corrected chi connectivity index (χ3v) is 5.20. The molecule has 2 saturated heterocycles. The molecule has 0 aromatic heterocycles. The average Bonchev–Trinajstić information content (AvgIpc) is 2.52. The lowest BCUT2D eigenvalue weighted by Gasteiger charge is -2.45. The standard InChI is InChI=1S/C18H32N4O2/c1-14(2)16(10-19)20-6-8-21(9-7-20)17(23)12-22-11-15(3)24-13-18(22,4)5/h14-16H,6-9,11-13H2,1-5H3. The van der Waals surface area contributed by atoms with Gasteiger partial charge in [-0.05, 0) is 26.7 Å². The number of hydrogen-bond acceptors (Lipinski definition) is 5. The molecule has 0 spiro atoms. The Morgan fingerprint density at radius 1 is 1.29 bits per heavy atom. The molecule has 2 aliphatic heterocycles. The number of morpholine rings is 1. The number of carbonyl (C=O) groups is 1. The van der Waals surface area contributed by atoms with E-state index in [1.807, 2.05) is 4.90 Å². The molecule has 0 aromatic carbocycles. The monoisotopic (exact) mass is 336 g/mol. The van der Waals surface area contributed by atoms with Crippen molar-refractivity contribution in [1.82, 2.24) is 14.7 Å². The van der Waals surface area contributed by atoms with Crippen molar-refractivity contribution in [3.8, 4) is 6.07 Å². The van der Waals surface area contributed by atoms with Crippen molar-refractivity contribution in [3.05, 3.63) is 0 Å². The molecule has 0 radical (unpaired) electrons.